The van der Waals surface area contributed by atoms with Crippen molar-refractivity contribution in [1.82, 2.24) is 9.55 Å². The van der Waals surface area contributed by atoms with Crippen molar-refractivity contribution >= 4 is 65.0 Å². The zero-order valence-corrected chi connectivity index (χ0v) is 19.6. The average Bonchev–Trinajstić information content (AvgIpc) is 3.60. The molecule has 8 aromatic rings. The van der Waals surface area contributed by atoms with Crippen LogP contribution in [0.25, 0.3) is 70.5 Å². The van der Waals surface area contributed by atoms with Gasteiger partial charge >= 0.3 is 0 Å². The summed E-state index contributed by atoms with van der Waals surface area (Å²) in [6.45, 7) is 0. The first kappa shape index (κ1) is 19.0. The molecule has 0 unspecified atom stereocenters. The fourth-order valence-electron chi connectivity index (χ4n) is 5.55. The monoisotopic (exact) mass is 464 g/mol. The predicted molar refractivity (Wildman–Crippen MR) is 151 cm³/mol. The second-order valence-corrected chi connectivity index (χ2v) is 10.1. The van der Waals surface area contributed by atoms with Crippen molar-refractivity contribution < 1.29 is 0 Å². The summed E-state index contributed by atoms with van der Waals surface area (Å²) in [5, 5.41) is 8.59. The Kier molecular flexibility index (Phi) is 3.85. The Morgan fingerprint density at radius 1 is 0.543 bits per heavy atom. The fourth-order valence-corrected chi connectivity index (χ4v) is 6.36. The molecule has 8 rings (SSSR count). The number of hydrogen-bond acceptors (Lipinski definition) is 1. The molecule has 0 saturated carbocycles. The topological polar surface area (TPSA) is 20.7 Å². The number of nitrogens with one attached hydrogen (secondary N) is 1. The van der Waals surface area contributed by atoms with Gasteiger partial charge in [-0.3, -0.25) is 0 Å². The summed E-state index contributed by atoms with van der Waals surface area (Å²) in [5.41, 5.74) is 8.49. The summed E-state index contributed by atoms with van der Waals surface area (Å²) in [4.78, 5) is 3.66. The number of fused-ring (bicyclic) bond motifs is 7. The van der Waals surface area contributed by atoms with Gasteiger partial charge in [0.05, 0.1) is 11.0 Å². The first-order valence-corrected chi connectivity index (χ1v) is 12.7. The fraction of sp³-hybridized carbons (Fsp3) is 0. The lowest BCUT2D eigenvalue weighted by atomic mass is 10.0. The molecule has 0 bridgehead atoms. The van der Waals surface area contributed by atoms with E-state index in [4.69, 9.17) is 0 Å². The highest BCUT2D eigenvalue weighted by molar-refractivity contribution is 7.17. The van der Waals surface area contributed by atoms with Crippen LogP contribution in [0.2, 0.25) is 0 Å². The van der Waals surface area contributed by atoms with Crippen LogP contribution in [0.5, 0.6) is 0 Å². The maximum Gasteiger partial charge on any atom is 0.0541 e. The maximum atomic E-state index is 3.66. The van der Waals surface area contributed by atoms with Crippen molar-refractivity contribution in [1.29, 1.82) is 0 Å². The Morgan fingerprint density at radius 3 is 2.26 bits per heavy atom. The highest BCUT2D eigenvalue weighted by Gasteiger charge is 2.14. The molecule has 0 amide bonds. The first-order chi connectivity index (χ1) is 17.3. The molecule has 0 radical (unpaired) electrons. The number of hydrogen-bond donors (Lipinski definition) is 1. The van der Waals surface area contributed by atoms with Crippen molar-refractivity contribution in [2.24, 2.45) is 0 Å². The van der Waals surface area contributed by atoms with Crippen LogP contribution in [0.3, 0.4) is 0 Å². The number of H-pyrrole nitrogens is 1. The summed E-state index contributed by atoms with van der Waals surface area (Å²) in [6, 6.07) is 39.8. The van der Waals surface area contributed by atoms with Gasteiger partial charge in [-0.25, -0.2) is 0 Å². The van der Waals surface area contributed by atoms with E-state index in [0.29, 0.717) is 0 Å². The van der Waals surface area contributed by atoms with E-state index in [1.165, 1.54) is 70.5 Å². The minimum atomic E-state index is 1.18. The van der Waals surface area contributed by atoms with E-state index >= 15 is 0 Å². The minimum Gasteiger partial charge on any atom is -0.354 e. The van der Waals surface area contributed by atoms with Gasteiger partial charge in [0.2, 0.25) is 0 Å². The van der Waals surface area contributed by atoms with Gasteiger partial charge in [0.25, 0.3) is 0 Å². The third-order valence-electron chi connectivity index (χ3n) is 7.19. The largest absolute Gasteiger partial charge is 0.354 e. The third kappa shape index (κ3) is 2.76. The van der Waals surface area contributed by atoms with E-state index in [9.17, 15) is 0 Å². The molecule has 2 nitrogen and oxygen atoms in total. The second kappa shape index (κ2) is 7.08. The Balaban J connectivity index is 1.34. The smallest absolute Gasteiger partial charge is 0.0541 e. The van der Waals surface area contributed by atoms with Crippen LogP contribution in [-0.4, -0.2) is 9.55 Å². The number of thiophene rings is 1. The second-order valence-electron chi connectivity index (χ2n) is 9.16. The highest BCUT2D eigenvalue weighted by atomic mass is 32.1. The van der Waals surface area contributed by atoms with Gasteiger partial charge in [-0.05, 0) is 76.5 Å². The Hall–Kier alpha value is -4.34. The van der Waals surface area contributed by atoms with E-state index in [-0.39, 0.29) is 0 Å². The van der Waals surface area contributed by atoms with Gasteiger partial charge < -0.3 is 9.55 Å². The molecule has 3 aromatic heterocycles. The normalized spacial score (nSPS) is 12.0. The average molecular weight is 465 g/mol. The summed E-state index contributed by atoms with van der Waals surface area (Å²) in [6.07, 6.45) is 0. The predicted octanol–water partition coefficient (Wildman–Crippen LogP) is 9.30. The van der Waals surface area contributed by atoms with Crippen LogP contribution in [-0.2, 0) is 0 Å². The molecule has 0 atom stereocenters. The molecule has 0 spiro atoms. The van der Waals surface area contributed by atoms with Gasteiger partial charge in [0, 0.05) is 43.0 Å². The van der Waals surface area contributed by atoms with Crippen molar-refractivity contribution in [3.8, 4) is 16.8 Å². The van der Waals surface area contributed by atoms with Crippen LogP contribution in [0.15, 0.2) is 115 Å². The van der Waals surface area contributed by atoms with Crippen molar-refractivity contribution in [3.63, 3.8) is 0 Å². The van der Waals surface area contributed by atoms with Crippen LogP contribution >= 0.6 is 11.3 Å². The molecular formula is C32H20N2S. The molecular weight excluding hydrogens is 444 g/mol. The van der Waals surface area contributed by atoms with Crippen LogP contribution < -0.4 is 0 Å². The third-order valence-corrected chi connectivity index (χ3v) is 8.07. The Labute approximate surface area is 205 Å². The van der Waals surface area contributed by atoms with Gasteiger partial charge in [0.1, 0.15) is 0 Å². The summed E-state index contributed by atoms with van der Waals surface area (Å²) in [5.74, 6) is 0. The number of benzene rings is 5. The first-order valence-electron chi connectivity index (χ1n) is 11.9. The molecule has 0 fully saturated rings. The summed E-state index contributed by atoms with van der Waals surface area (Å²) in [7, 11) is 0. The zero-order valence-electron chi connectivity index (χ0n) is 18.8. The minimum absolute atomic E-state index is 1.18. The summed E-state index contributed by atoms with van der Waals surface area (Å²) < 4.78 is 3.70. The Bertz CT molecular complexity index is 2050. The van der Waals surface area contributed by atoms with Gasteiger partial charge in [-0.2, -0.15) is 0 Å². The molecule has 0 aliphatic carbocycles. The lowest BCUT2D eigenvalue weighted by molar-refractivity contribution is 1.18. The van der Waals surface area contributed by atoms with E-state index < -0.39 is 0 Å². The zero-order chi connectivity index (χ0) is 22.9. The van der Waals surface area contributed by atoms with Crippen LogP contribution in [0, 0.1) is 0 Å². The van der Waals surface area contributed by atoms with Gasteiger partial charge in [0.15, 0.2) is 0 Å². The molecule has 35 heavy (non-hydrogen) atoms. The van der Waals surface area contributed by atoms with E-state index in [1.807, 2.05) is 0 Å². The standard InChI is InChI=1S/C32H20N2S/c1-2-6-23(7-3-1)34-30-9-5-4-8-25(30)27-16-20(11-13-31(27)34)21-10-12-24-26-19-32-22(14-15-35-32)18-29(26)33-28(24)17-21/h1-19,33H. The lowest BCUT2D eigenvalue weighted by Crippen LogP contribution is -1.92. The SMILES string of the molecule is c1ccc(-n2c3ccccc3c3cc(-c4ccc5c(c4)[nH]c4cc6ccsc6cc45)ccc32)cc1. The quantitative estimate of drug-likeness (QED) is 0.263. The molecule has 1 N–H and O–H groups in total. The lowest BCUT2D eigenvalue weighted by Gasteiger charge is -2.08. The number of aromatic amines is 1. The Morgan fingerprint density at radius 2 is 1.31 bits per heavy atom. The molecule has 5 aromatic carbocycles. The van der Waals surface area contributed by atoms with Crippen molar-refractivity contribution in [2.75, 3.05) is 0 Å². The molecule has 0 aliphatic rings. The summed E-state index contributed by atoms with van der Waals surface area (Å²) >= 11 is 1.80. The van der Waals surface area contributed by atoms with E-state index in [0.717, 1.165) is 0 Å². The maximum absolute atomic E-state index is 3.66. The molecule has 3 heteroatoms. The number of aromatic nitrogens is 2. The molecule has 164 valence electrons. The molecule has 3 heterocycles. The highest BCUT2D eigenvalue weighted by Crippen LogP contribution is 2.37. The van der Waals surface area contributed by atoms with Crippen LogP contribution in [0.4, 0.5) is 0 Å². The van der Waals surface area contributed by atoms with Gasteiger partial charge in [-0.1, -0.05) is 54.6 Å². The van der Waals surface area contributed by atoms with Crippen molar-refractivity contribution in [2.45, 2.75) is 0 Å². The number of rotatable bonds is 2. The van der Waals surface area contributed by atoms with E-state index in [2.05, 4.69) is 124 Å². The van der Waals surface area contributed by atoms with Crippen LogP contribution in [0.1, 0.15) is 0 Å². The molecule has 0 saturated heterocycles. The van der Waals surface area contributed by atoms with E-state index in [1.54, 1.807) is 11.3 Å². The number of nitrogens with zero attached hydrogens (tertiary/aromatic N) is 1. The van der Waals surface area contributed by atoms with Gasteiger partial charge in [-0.15, -0.1) is 11.3 Å². The number of para-hydroxylation sites is 2. The molecule has 0 aliphatic heterocycles. The van der Waals surface area contributed by atoms with Crippen molar-refractivity contribution in [3.05, 3.63) is 115 Å².